The first-order valence-corrected chi connectivity index (χ1v) is 13.1. The SMILES string of the molecule is C=CCn1c(SCC(=O)Nc2nc(-c3ccc(C)c(C)c3)cs2)nnc1C(C)Oc1ccc(F)cc1. The number of thioether (sulfide) groups is 1. The van der Waals surface area contributed by atoms with Crippen LogP contribution in [0.15, 0.2) is 65.7 Å². The van der Waals surface area contributed by atoms with Crippen molar-refractivity contribution in [3.8, 4) is 17.0 Å². The fourth-order valence-corrected chi connectivity index (χ4v) is 4.92. The largest absolute Gasteiger partial charge is 0.483 e. The molecule has 0 bridgehead atoms. The number of aryl methyl sites for hydroxylation is 2. The molecule has 1 atom stereocenters. The lowest BCUT2D eigenvalue weighted by molar-refractivity contribution is -0.113. The number of ether oxygens (including phenoxy) is 1. The number of hydrogen-bond acceptors (Lipinski definition) is 7. The zero-order valence-electron chi connectivity index (χ0n) is 20.2. The molecule has 0 radical (unpaired) electrons. The van der Waals surface area contributed by atoms with Crippen molar-refractivity contribution in [1.29, 1.82) is 0 Å². The molecular weight excluding hydrogens is 497 g/mol. The predicted octanol–water partition coefficient (Wildman–Crippen LogP) is 6.21. The molecule has 0 spiro atoms. The highest BCUT2D eigenvalue weighted by Gasteiger charge is 2.20. The third-order valence-corrected chi connectivity index (χ3v) is 7.16. The Kier molecular flexibility index (Phi) is 8.17. The molecule has 1 unspecified atom stereocenters. The first kappa shape index (κ1) is 25.6. The van der Waals surface area contributed by atoms with E-state index in [0.717, 1.165) is 11.3 Å². The van der Waals surface area contributed by atoms with Gasteiger partial charge in [0.05, 0.1) is 11.4 Å². The van der Waals surface area contributed by atoms with Gasteiger partial charge >= 0.3 is 0 Å². The second kappa shape index (κ2) is 11.5. The fourth-order valence-electron chi connectivity index (χ4n) is 3.43. The van der Waals surface area contributed by atoms with Crippen molar-refractivity contribution in [2.75, 3.05) is 11.1 Å². The van der Waals surface area contributed by atoms with Gasteiger partial charge in [0.1, 0.15) is 11.6 Å². The maximum atomic E-state index is 13.2. The van der Waals surface area contributed by atoms with E-state index in [0.29, 0.717) is 28.4 Å². The van der Waals surface area contributed by atoms with Gasteiger partial charge in [-0.15, -0.1) is 28.1 Å². The van der Waals surface area contributed by atoms with Crippen molar-refractivity contribution in [3.63, 3.8) is 0 Å². The number of allylic oxidation sites excluding steroid dienone is 1. The van der Waals surface area contributed by atoms with E-state index in [2.05, 4.69) is 53.1 Å². The number of carbonyl (C=O) groups excluding carboxylic acids is 1. The quantitative estimate of drug-likeness (QED) is 0.196. The van der Waals surface area contributed by atoms with E-state index in [1.165, 1.54) is 46.4 Å². The molecule has 0 saturated heterocycles. The summed E-state index contributed by atoms with van der Waals surface area (Å²) >= 11 is 2.66. The lowest BCUT2D eigenvalue weighted by Gasteiger charge is -2.15. The van der Waals surface area contributed by atoms with Gasteiger partial charge in [-0.05, 0) is 62.2 Å². The van der Waals surface area contributed by atoms with Gasteiger partial charge in [0.25, 0.3) is 0 Å². The molecule has 0 saturated carbocycles. The molecule has 2 heterocycles. The van der Waals surface area contributed by atoms with E-state index >= 15 is 0 Å². The number of rotatable bonds is 10. The molecule has 7 nitrogen and oxygen atoms in total. The van der Waals surface area contributed by atoms with Crippen LogP contribution in [0.1, 0.15) is 30.0 Å². The number of thiazole rings is 1. The van der Waals surface area contributed by atoms with Crippen molar-refractivity contribution in [2.45, 2.75) is 38.6 Å². The molecule has 0 aliphatic carbocycles. The van der Waals surface area contributed by atoms with Crippen LogP contribution in [-0.4, -0.2) is 31.4 Å². The van der Waals surface area contributed by atoms with Crippen LogP contribution in [0.5, 0.6) is 5.75 Å². The number of anilines is 1. The lowest BCUT2D eigenvalue weighted by atomic mass is 10.1. The highest BCUT2D eigenvalue weighted by atomic mass is 32.2. The zero-order valence-corrected chi connectivity index (χ0v) is 21.8. The summed E-state index contributed by atoms with van der Waals surface area (Å²) in [6.45, 7) is 10.2. The normalized spacial score (nSPS) is 11.8. The topological polar surface area (TPSA) is 81.9 Å². The predicted molar refractivity (Wildman–Crippen MR) is 142 cm³/mol. The first-order valence-electron chi connectivity index (χ1n) is 11.3. The standard InChI is InChI=1S/C26H26FN5O2S2/c1-5-12-32-24(18(4)34-21-10-8-20(27)9-11-21)30-31-26(32)36-15-23(33)29-25-28-22(14-35-25)19-7-6-16(2)17(3)13-19/h5-11,13-14,18H,1,12,15H2,2-4H3,(H,28,29,33). The van der Waals surface area contributed by atoms with Crippen molar-refractivity contribution in [2.24, 2.45) is 0 Å². The zero-order chi connectivity index (χ0) is 25.7. The van der Waals surface area contributed by atoms with E-state index in [1.807, 2.05) is 22.9 Å². The van der Waals surface area contributed by atoms with Crippen LogP contribution < -0.4 is 10.1 Å². The van der Waals surface area contributed by atoms with E-state index in [-0.39, 0.29) is 17.5 Å². The van der Waals surface area contributed by atoms with Crippen molar-refractivity contribution < 1.29 is 13.9 Å². The monoisotopic (exact) mass is 523 g/mol. The molecule has 10 heteroatoms. The second-order valence-corrected chi connectivity index (χ2v) is 9.93. The van der Waals surface area contributed by atoms with Crippen LogP contribution in [0.3, 0.4) is 0 Å². The summed E-state index contributed by atoms with van der Waals surface area (Å²) in [6.07, 6.45) is 1.29. The molecule has 0 aliphatic rings. The number of amides is 1. The maximum absolute atomic E-state index is 13.2. The summed E-state index contributed by atoms with van der Waals surface area (Å²) in [5.74, 6) is 0.725. The van der Waals surface area contributed by atoms with Gasteiger partial charge in [-0.25, -0.2) is 9.37 Å². The number of nitrogens with one attached hydrogen (secondary N) is 1. The molecule has 2 aromatic heterocycles. The van der Waals surface area contributed by atoms with Crippen molar-refractivity contribution >= 4 is 34.1 Å². The molecular formula is C26H26FN5O2S2. The molecule has 4 aromatic rings. The molecule has 0 fully saturated rings. The molecule has 1 N–H and O–H groups in total. The van der Waals surface area contributed by atoms with Gasteiger partial charge in [-0.2, -0.15) is 0 Å². The summed E-state index contributed by atoms with van der Waals surface area (Å²) < 4.78 is 20.9. The summed E-state index contributed by atoms with van der Waals surface area (Å²) in [6, 6.07) is 12.0. The lowest BCUT2D eigenvalue weighted by Crippen LogP contribution is -2.15. The Morgan fingerprint density at radius 3 is 2.72 bits per heavy atom. The number of halogens is 1. The van der Waals surface area contributed by atoms with Gasteiger partial charge in [0.15, 0.2) is 22.2 Å². The molecule has 36 heavy (non-hydrogen) atoms. The summed E-state index contributed by atoms with van der Waals surface area (Å²) in [5.41, 5.74) is 4.27. The Morgan fingerprint density at radius 2 is 2.00 bits per heavy atom. The van der Waals surface area contributed by atoms with Crippen molar-refractivity contribution in [3.05, 3.63) is 83.3 Å². The van der Waals surface area contributed by atoms with Gasteiger partial charge in [0.2, 0.25) is 5.91 Å². The molecule has 4 rings (SSSR count). The van der Waals surface area contributed by atoms with Crippen LogP contribution in [0, 0.1) is 19.7 Å². The minimum Gasteiger partial charge on any atom is -0.483 e. The van der Waals surface area contributed by atoms with E-state index < -0.39 is 6.10 Å². The van der Waals surface area contributed by atoms with Crippen LogP contribution in [0.2, 0.25) is 0 Å². The molecule has 1 amide bonds. The molecule has 2 aromatic carbocycles. The number of benzene rings is 2. The highest BCUT2D eigenvalue weighted by Crippen LogP contribution is 2.28. The van der Waals surface area contributed by atoms with Crippen LogP contribution in [0.4, 0.5) is 9.52 Å². The van der Waals surface area contributed by atoms with E-state index in [9.17, 15) is 9.18 Å². The van der Waals surface area contributed by atoms with Crippen LogP contribution >= 0.6 is 23.1 Å². The molecule has 186 valence electrons. The van der Waals surface area contributed by atoms with Gasteiger partial charge < -0.3 is 10.1 Å². The smallest absolute Gasteiger partial charge is 0.236 e. The first-order chi connectivity index (χ1) is 17.3. The average Bonchev–Trinajstić information content (AvgIpc) is 3.48. The Bertz CT molecular complexity index is 1370. The third kappa shape index (κ3) is 6.19. The summed E-state index contributed by atoms with van der Waals surface area (Å²) in [7, 11) is 0. The number of carbonyl (C=O) groups is 1. The third-order valence-electron chi connectivity index (χ3n) is 5.43. The average molecular weight is 524 g/mol. The Labute approximate surface area is 217 Å². The van der Waals surface area contributed by atoms with Crippen molar-refractivity contribution in [1.82, 2.24) is 19.7 Å². The van der Waals surface area contributed by atoms with Gasteiger partial charge in [0, 0.05) is 17.5 Å². The Hall–Kier alpha value is -3.50. The number of aromatic nitrogens is 4. The number of nitrogens with zero attached hydrogens (tertiary/aromatic N) is 4. The van der Waals surface area contributed by atoms with Gasteiger partial charge in [-0.1, -0.05) is 30.0 Å². The van der Waals surface area contributed by atoms with Crippen LogP contribution in [0.25, 0.3) is 11.3 Å². The minimum absolute atomic E-state index is 0.140. The van der Waals surface area contributed by atoms with E-state index in [4.69, 9.17) is 4.74 Å². The Morgan fingerprint density at radius 1 is 1.22 bits per heavy atom. The molecule has 0 aliphatic heterocycles. The summed E-state index contributed by atoms with van der Waals surface area (Å²) in [5, 5.41) is 14.4. The summed E-state index contributed by atoms with van der Waals surface area (Å²) in [4.78, 5) is 17.2. The second-order valence-electron chi connectivity index (χ2n) is 8.13. The van der Waals surface area contributed by atoms with Crippen LogP contribution in [-0.2, 0) is 11.3 Å². The number of hydrogen-bond donors (Lipinski definition) is 1. The van der Waals surface area contributed by atoms with E-state index in [1.54, 1.807) is 18.2 Å². The van der Waals surface area contributed by atoms with Gasteiger partial charge in [-0.3, -0.25) is 9.36 Å². The Balaban J connectivity index is 1.38. The maximum Gasteiger partial charge on any atom is 0.236 e. The highest BCUT2D eigenvalue weighted by molar-refractivity contribution is 7.99. The minimum atomic E-state index is -0.440. The fraction of sp³-hybridized carbons (Fsp3) is 0.231.